The standard InChI is InChI=1S/C25H22N4O2S/c1-17-15-21(32-25-27-12-4-13-28-25)9-10-22(17)29-23(30)11-14-26-24(31)20-8-7-18-5-2-3-6-19(18)16-20/h2-10,12-13,15-16H,11,14H2,1H3,(H,26,31)(H,29,30). The Morgan fingerprint density at radius 2 is 1.69 bits per heavy atom. The Bertz CT molecular complexity index is 1260. The fourth-order valence-corrected chi connectivity index (χ4v) is 4.03. The summed E-state index contributed by atoms with van der Waals surface area (Å²) in [6.07, 6.45) is 3.60. The molecule has 0 aliphatic carbocycles. The molecule has 1 aromatic heterocycles. The van der Waals surface area contributed by atoms with E-state index >= 15 is 0 Å². The summed E-state index contributed by atoms with van der Waals surface area (Å²) in [5, 5.41) is 8.49. The fraction of sp³-hybridized carbons (Fsp3) is 0.120. The maximum absolute atomic E-state index is 12.4. The lowest BCUT2D eigenvalue weighted by atomic mass is 10.1. The summed E-state index contributed by atoms with van der Waals surface area (Å²) >= 11 is 1.46. The van der Waals surface area contributed by atoms with Crippen molar-refractivity contribution in [3.8, 4) is 0 Å². The number of benzene rings is 3. The van der Waals surface area contributed by atoms with E-state index in [9.17, 15) is 9.59 Å². The Hall–Kier alpha value is -3.71. The van der Waals surface area contributed by atoms with E-state index in [2.05, 4.69) is 20.6 Å². The second kappa shape index (κ2) is 10.1. The van der Waals surface area contributed by atoms with Crippen LogP contribution in [0.25, 0.3) is 10.8 Å². The van der Waals surface area contributed by atoms with Crippen LogP contribution in [-0.2, 0) is 4.79 Å². The van der Waals surface area contributed by atoms with Gasteiger partial charge in [-0.3, -0.25) is 9.59 Å². The van der Waals surface area contributed by atoms with E-state index in [1.807, 2.05) is 61.5 Å². The summed E-state index contributed by atoms with van der Waals surface area (Å²) in [5.74, 6) is -0.344. The van der Waals surface area contributed by atoms with Crippen molar-refractivity contribution in [1.29, 1.82) is 0 Å². The van der Waals surface area contributed by atoms with Gasteiger partial charge in [-0.25, -0.2) is 9.97 Å². The zero-order chi connectivity index (χ0) is 22.3. The minimum Gasteiger partial charge on any atom is -0.352 e. The molecule has 3 aromatic carbocycles. The third kappa shape index (κ3) is 5.50. The van der Waals surface area contributed by atoms with Crippen molar-refractivity contribution >= 4 is 40.0 Å². The maximum Gasteiger partial charge on any atom is 0.251 e. The number of amides is 2. The Balaban J connectivity index is 1.28. The van der Waals surface area contributed by atoms with Crippen LogP contribution < -0.4 is 10.6 Å². The van der Waals surface area contributed by atoms with Crippen LogP contribution in [0.4, 0.5) is 5.69 Å². The van der Waals surface area contributed by atoms with Crippen molar-refractivity contribution in [2.45, 2.75) is 23.4 Å². The predicted octanol–water partition coefficient (Wildman–Crippen LogP) is 4.85. The fourth-order valence-electron chi connectivity index (χ4n) is 3.22. The number of carbonyl (C=O) groups is 2. The molecule has 0 aliphatic heterocycles. The van der Waals surface area contributed by atoms with Crippen molar-refractivity contribution in [3.63, 3.8) is 0 Å². The summed E-state index contributed by atoms with van der Waals surface area (Å²) in [6.45, 7) is 2.20. The van der Waals surface area contributed by atoms with E-state index < -0.39 is 0 Å². The molecular weight excluding hydrogens is 420 g/mol. The first-order valence-electron chi connectivity index (χ1n) is 10.2. The Kier molecular flexibility index (Phi) is 6.77. The van der Waals surface area contributed by atoms with Crippen LogP contribution in [-0.4, -0.2) is 28.3 Å². The quantitative estimate of drug-likeness (QED) is 0.400. The number of hydrogen-bond donors (Lipinski definition) is 2. The molecule has 0 fully saturated rings. The summed E-state index contributed by atoms with van der Waals surface area (Å²) in [4.78, 5) is 34.2. The molecule has 0 saturated carbocycles. The molecule has 160 valence electrons. The second-order valence-corrected chi connectivity index (χ2v) is 8.27. The normalized spacial score (nSPS) is 10.7. The molecule has 1 heterocycles. The Morgan fingerprint density at radius 3 is 2.47 bits per heavy atom. The topological polar surface area (TPSA) is 84.0 Å². The molecule has 0 saturated heterocycles. The molecule has 2 N–H and O–H groups in total. The van der Waals surface area contributed by atoms with Crippen LogP contribution in [0.5, 0.6) is 0 Å². The Labute approximate surface area is 190 Å². The molecule has 6 nitrogen and oxygen atoms in total. The number of aryl methyl sites for hydroxylation is 1. The molecule has 32 heavy (non-hydrogen) atoms. The van der Waals surface area contributed by atoms with Gasteiger partial charge in [0.25, 0.3) is 5.91 Å². The van der Waals surface area contributed by atoms with Gasteiger partial charge in [0.05, 0.1) is 0 Å². The minimum absolute atomic E-state index is 0.154. The van der Waals surface area contributed by atoms with E-state index in [4.69, 9.17) is 0 Å². The summed E-state index contributed by atoms with van der Waals surface area (Å²) in [7, 11) is 0. The van der Waals surface area contributed by atoms with Crippen molar-refractivity contribution in [2.24, 2.45) is 0 Å². The lowest BCUT2D eigenvalue weighted by Gasteiger charge is -2.11. The van der Waals surface area contributed by atoms with E-state index in [0.717, 1.165) is 26.9 Å². The highest BCUT2D eigenvalue weighted by atomic mass is 32.2. The van der Waals surface area contributed by atoms with E-state index in [-0.39, 0.29) is 24.8 Å². The lowest BCUT2D eigenvalue weighted by Crippen LogP contribution is -2.27. The van der Waals surface area contributed by atoms with Gasteiger partial charge in [-0.1, -0.05) is 30.3 Å². The largest absolute Gasteiger partial charge is 0.352 e. The highest BCUT2D eigenvalue weighted by Gasteiger charge is 2.10. The first-order chi connectivity index (χ1) is 15.6. The van der Waals surface area contributed by atoms with Gasteiger partial charge in [0, 0.05) is 41.5 Å². The number of hydrogen-bond acceptors (Lipinski definition) is 5. The molecule has 7 heteroatoms. The van der Waals surface area contributed by atoms with Gasteiger partial charge < -0.3 is 10.6 Å². The van der Waals surface area contributed by atoms with Gasteiger partial charge in [0.15, 0.2) is 5.16 Å². The molecular formula is C25H22N4O2S. The molecule has 4 rings (SSSR count). The van der Waals surface area contributed by atoms with E-state index in [1.165, 1.54) is 11.8 Å². The van der Waals surface area contributed by atoms with Crippen LogP contribution >= 0.6 is 11.8 Å². The molecule has 4 aromatic rings. The van der Waals surface area contributed by atoms with E-state index in [1.54, 1.807) is 24.5 Å². The average Bonchev–Trinajstić information content (AvgIpc) is 2.81. The Morgan fingerprint density at radius 1 is 0.906 bits per heavy atom. The molecule has 0 atom stereocenters. The van der Waals surface area contributed by atoms with Gasteiger partial charge in [-0.2, -0.15) is 0 Å². The number of anilines is 1. The number of carbonyl (C=O) groups excluding carboxylic acids is 2. The third-order valence-corrected chi connectivity index (χ3v) is 5.76. The number of nitrogens with one attached hydrogen (secondary N) is 2. The van der Waals surface area contributed by atoms with Crippen LogP contribution in [0.1, 0.15) is 22.3 Å². The van der Waals surface area contributed by atoms with Crippen molar-refractivity contribution < 1.29 is 9.59 Å². The molecule has 0 unspecified atom stereocenters. The molecule has 0 bridgehead atoms. The molecule has 0 radical (unpaired) electrons. The van der Waals surface area contributed by atoms with Gasteiger partial charge in [0.1, 0.15) is 0 Å². The van der Waals surface area contributed by atoms with Crippen molar-refractivity contribution in [3.05, 3.63) is 90.3 Å². The third-order valence-electron chi connectivity index (χ3n) is 4.87. The number of fused-ring (bicyclic) bond motifs is 1. The summed E-state index contributed by atoms with van der Waals surface area (Å²) < 4.78 is 0. The first kappa shape index (κ1) is 21.5. The van der Waals surface area contributed by atoms with Gasteiger partial charge >= 0.3 is 0 Å². The molecule has 0 aliphatic rings. The molecule has 0 spiro atoms. The maximum atomic E-state index is 12.4. The number of rotatable bonds is 7. The highest BCUT2D eigenvalue weighted by Crippen LogP contribution is 2.28. The van der Waals surface area contributed by atoms with Crippen LogP contribution in [0.3, 0.4) is 0 Å². The monoisotopic (exact) mass is 442 g/mol. The minimum atomic E-state index is -0.191. The summed E-state index contributed by atoms with van der Waals surface area (Å²) in [6, 6.07) is 21.0. The highest BCUT2D eigenvalue weighted by molar-refractivity contribution is 7.99. The van der Waals surface area contributed by atoms with Crippen LogP contribution in [0, 0.1) is 6.92 Å². The zero-order valence-electron chi connectivity index (χ0n) is 17.5. The van der Waals surface area contributed by atoms with Gasteiger partial charge in [-0.15, -0.1) is 0 Å². The second-order valence-electron chi connectivity index (χ2n) is 7.23. The van der Waals surface area contributed by atoms with Crippen LogP contribution in [0.15, 0.2) is 89.2 Å². The average molecular weight is 443 g/mol. The van der Waals surface area contributed by atoms with Gasteiger partial charge in [-0.05, 0) is 71.4 Å². The SMILES string of the molecule is Cc1cc(Sc2ncccn2)ccc1NC(=O)CCNC(=O)c1ccc2ccccc2c1. The lowest BCUT2D eigenvalue weighted by molar-refractivity contribution is -0.116. The van der Waals surface area contributed by atoms with Crippen molar-refractivity contribution in [1.82, 2.24) is 15.3 Å². The zero-order valence-corrected chi connectivity index (χ0v) is 18.4. The smallest absolute Gasteiger partial charge is 0.251 e. The van der Waals surface area contributed by atoms with E-state index in [0.29, 0.717) is 10.7 Å². The first-order valence-corrected chi connectivity index (χ1v) is 11.0. The van der Waals surface area contributed by atoms with Gasteiger partial charge in [0.2, 0.25) is 5.91 Å². The predicted molar refractivity (Wildman–Crippen MR) is 127 cm³/mol. The van der Waals surface area contributed by atoms with Crippen molar-refractivity contribution in [2.75, 3.05) is 11.9 Å². The summed E-state index contributed by atoms with van der Waals surface area (Å²) in [5.41, 5.74) is 2.27. The molecule has 2 amide bonds. The number of nitrogens with zero attached hydrogens (tertiary/aromatic N) is 2. The number of aromatic nitrogens is 2. The van der Waals surface area contributed by atoms with Crippen LogP contribution in [0.2, 0.25) is 0 Å².